The molecule has 0 saturated heterocycles. The van der Waals surface area contributed by atoms with Gasteiger partial charge in [-0.2, -0.15) is 0 Å². The fourth-order valence-corrected chi connectivity index (χ4v) is 2.53. The van der Waals surface area contributed by atoms with Crippen molar-refractivity contribution in [2.75, 3.05) is 18.5 Å². The van der Waals surface area contributed by atoms with E-state index < -0.39 is 6.10 Å². The summed E-state index contributed by atoms with van der Waals surface area (Å²) in [7, 11) is 0. The van der Waals surface area contributed by atoms with Gasteiger partial charge in [-0.15, -0.1) is 0 Å². The fraction of sp³-hybridized carbons (Fsp3) is 0.250. The van der Waals surface area contributed by atoms with Gasteiger partial charge in [-0.05, 0) is 64.8 Å². The molecule has 0 radical (unpaired) electrons. The van der Waals surface area contributed by atoms with Gasteiger partial charge < -0.3 is 15.2 Å². The Morgan fingerprint density at radius 3 is 2.62 bits per heavy atom. The molecule has 2 aromatic carbocycles. The summed E-state index contributed by atoms with van der Waals surface area (Å²) in [5.74, 6) is 0.690. The minimum atomic E-state index is -0.603. The molecule has 1 unspecified atom stereocenters. The van der Waals surface area contributed by atoms with Crippen LogP contribution in [0.4, 0.5) is 5.69 Å². The average molecular weight is 371 g/mol. The summed E-state index contributed by atoms with van der Waals surface area (Å²) in [6, 6.07) is 13.1. The van der Waals surface area contributed by atoms with E-state index in [9.17, 15) is 5.11 Å². The highest BCUT2D eigenvalue weighted by Gasteiger charge is 2.07. The van der Waals surface area contributed by atoms with Gasteiger partial charge in [0.05, 0.1) is 0 Å². The van der Waals surface area contributed by atoms with Crippen LogP contribution in [0, 0.1) is 6.92 Å². The molecule has 21 heavy (non-hydrogen) atoms. The zero-order valence-corrected chi connectivity index (χ0v) is 14.0. The number of aliphatic hydroxyl groups excluding tert-OH is 1. The van der Waals surface area contributed by atoms with Gasteiger partial charge in [-0.3, -0.25) is 0 Å². The molecule has 0 heterocycles. The zero-order chi connectivity index (χ0) is 15.2. The molecule has 0 aliphatic rings. The van der Waals surface area contributed by atoms with Crippen LogP contribution < -0.4 is 10.1 Å². The van der Waals surface area contributed by atoms with E-state index in [2.05, 4.69) is 21.2 Å². The molecule has 1 atom stereocenters. The van der Waals surface area contributed by atoms with Gasteiger partial charge in [0.2, 0.25) is 0 Å². The second kappa shape index (κ2) is 7.69. The number of aryl methyl sites for hydroxylation is 1. The number of rotatable bonds is 6. The maximum atomic E-state index is 9.94. The highest BCUT2D eigenvalue weighted by Crippen LogP contribution is 2.23. The second-order valence-corrected chi connectivity index (χ2v) is 6.07. The van der Waals surface area contributed by atoms with E-state index >= 15 is 0 Å². The van der Waals surface area contributed by atoms with Crippen LogP contribution >= 0.6 is 27.5 Å². The summed E-state index contributed by atoms with van der Waals surface area (Å²) >= 11 is 9.29. The normalized spacial score (nSPS) is 12.0. The summed E-state index contributed by atoms with van der Waals surface area (Å²) < 4.78 is 6.48. The van der Waals surface area contributed by atoms with Crippen LogP contribution in [0.5, 0.6) is 5.75 Å². The molecule has 5 heteroatoms. The summed E-state index contributed by atoms with van der Waals surface area (Å²) in [4.78, 5) is 0. The van der Waals surface area contributed by atoms with Gasteiger partial charge in [0.25, 0.3) is 0 Å². The summed E-state index contributed by atoms with van der Waals surface area (Å²) in [5, 5.41) is 13.8. The quantitative estimate of drug-likeness (QED) is 0.798. The molecule has 0 fully saturated rings. The van der Waals surface area contributed by atoms with Gasteiger partial charge in [0, 0.05) is 21.7 Å². The first-order chi connectivity index (χ1) is 10.0. The predicted octanol–water partition coefficient (Wildman–Crippen LogP) is 4.26. The van der Waals surface area contributed by atoms with Gasteiger partial charge in [-0.1, -0.05) is 17.7 Å². The van der Waals surface area contributed by atoms with Crippen LogP contribution in [0.25, 0.3) is 0 Å². The van der Waals surface area contributed by atoms with Crippen LogP contribution in [-0.4, -0.2) is 24.4 Å². The number of halogens is 2. The van der Waals surface area contributed by atoms with Crippen molar-refractivity contribution in [2.45, 2.75) is 13.0 Å². The largest absolute Gasteiger partial charge is 0.491 e. The average Bonchev–Trinajstić information content (AvgIpc) is 2.46. The van der Waals surface area contributed by atoms with Gasteiger partial charge in [0.15, 0.2) is 0 Å². The Kier molecular flexibility index (Phi) is 5.91. The molecule has 2 aromatic rings. The molecular formula is C16H17BrClNO2. The van der Waals surface area contributed by atoms with Crippen molar-refractivity contribution in [2.24, 2.45) is 0 Å². The third-order valence-electron chi connectivity index (χ3n) is 2.91. The van der Waals surface area contributed by atoms with Crippen LogP contribution in [-0.2, 0) is 0 Å². The Bertz CT molecular complexity index is 589. The number of ether oxygens (including phenoxy) is 1. The van der Waals surface area contributed by atoms with Crippen LogP contribution in [0.3, 0.4) is 0 Å². The molecule has 0 bridgehead atoms. The Morgan fingerprint density at radius 1 is 1.24 bits per heavy atom. The van der Waals surface area contributed by atoms with Crippen molar-refractivity contribution >= 4 is 33.2 Å². The minimum Gasteiger partial charge on any atom is -0.491 e. The molecule has 112 valence electrons. The molecule has 0 saturated carbocycles. The number of aliphatic hydroxyl groups is 1. The first kappa shape index (κ1) is 16.1. The number of anilines is 1. The monoisotopic (exact) mass is 369 g/mol. The third-order valence-corrected chi connectivity index (χ3v) is 3.82. The Morgan fingerprint density at radius 2 is 1.95 bits per heavy atom. The minimum absolute atomic E-state index is 0.220. The smallest absolute Gasteiger partial charge is 0.119 e. The predicted molar refractivity (Wildman–Crippen MR) is 90.3 cm³/mol. The Labute approximate surface area is 138 Å². The zero-order valence-electron chi connectivity index (χ0n) is 11.6. The number of hydrogen-bond donors (Lipinski definition) is 2. The van der Waals surface area contributed by atoms with E-state index in [0.29, 0.717) is 17.3 Å². The maximum absolute atomic E-state index is 9.94. The number of benzene rings is 2. The summed E-state index contributed by atoms with van der Waals surface area (Å²) in [5.41, 5.74) is 2.13. The van der Waals surface area contributed by atoms with E-state index in [1.54, 1.807) is 24.3 Å². The van der Waals surface area contributed by atoms with Crippen molar-refractivity contribution < 1.29 is 9.84 Å². The second-order valence-electron chi connectivity index (χ2n) is 4.78. The molecule has 2 N–H and O–H groups in total. The van der Waals surface area contributed by atoms with E-state index in [1.807, 2.05) is 25.1 Å². The SMILES string of the molecule is Cc1ccc(NCC(O)COc2ccc(Cl)cc2)c(Br)c1. The highest BCUT2D eigenvalue weighted by atomic mass is 79.9. The molecule has 0 amide bonds. The van der Waals surface area contributed by atoms with Crippen molar-refractivity contribution in [1.82, 2.24) is 0 Å². The topological polar surface area (TPSA) is 41.5 Å². The molecule has 2 rings (SSSR count). The highest BCUT2D eigenvalue weighted by molar-refractivity contribution is 9.10. The van der Waals surface area contributed by atoms with Crippen LogP contribution in [0.15, 0.2) is 46.9 Å². The molecular weight excluding hydrogens is 354 g/mol. The first-order valence-corrected chi connectivity index (χ1v) is 7.78. The fourth-order valence-electron chi connectivity index (χ4n) is 1.77. The Balaban J connectivity index is 1.79. The lowest BCUT2D eigenvalue weighted by Gasteiger charge is -2.15. The van der Waals surface area contributed by atoms with Crippen LogP contribution in [0.1, 0.15) is 5.56 Å². The number of nitrogens with one attached hydrogen (secondary N) is 1. The molecule has 0 spiro atoms. The Hall–Kier alpha value is -1.23. The van der Waals surface area contributed by atoms with Gasteiger partial charge >= 0.3 is 0 Å². The van der Waals surface area contributed by atoms with Crippen molar-refractivity contribution in [1.29, 1.82) is 0 Å². The lowest BCUT2D eigenvalue weighted by molar-refractivity contribution is 0.117. The third kappa shape index (κ3) is 5.23. The molecule has 0 aliphatic carbocycles. The first-order valence-electron chi connectivity index (χ1n) is 6.61. The summed E-state index contributed by atoms with van der Waals surface area (Å²) in [6.07, 6.45) is -0.603. The van der Waals surface area contributed by atoms with Gasteiger partial charge in [0.1, 0.15) is 18.5 Å². The van der Waals surface area contributed by atoms with Gasteiger partial charge in [-0.25, -0.2) is 0 Å². The van der Waals surface area contributed by atoms with E-state index in [1.165, 1.54) is 5.56 Å². The van der Waals surface area contributed by atoms with Crippen molar-refractivity contribution in [3.63, 3.8) is 0 Å². The lowest BCUT2D eigenvalue weighted by Crippen LogP contribution is -2.26. The molecule has 0 aliphatic heterocycles. The molecule has 0 aromatic heterocycles. The van der Waals surface area contributed by atoms with E-state index in [4.69, 9.17) is 16.3 Å². The summed E-state index contributed by atoms with van der Waals surface area (Å²) in [6.45, 7) is 2.66. The maximum Gasteiger partial charge on any atom is 0.119 e. The van der Waals surface area contributed by atoms with Crippen LogP contribution in [0.2, 0.25) is 5.02 Å². The standard InChI is InChI=1S/C16H17BrClNO2/c1-11-2-7-16(15(17)8-11)19-9-13(20)10-21-14-5-3-12(18)4-6-14/h2-8,13,19-20H,9-10H2,1H3. The van der Waals surface area contributed by atoms with Crippen molar-refractivity contribution in [3.05, 3.63) is 57.5 Å². The molecule has 3 nitrogen and oxygen atoms in total. The van der Waals surface area contributed by atoms with E-state index in [-0.39, 0.29) is 6.61 Å². The lowest BCUT2D eigenvalue weighted by atomic mass is 10.2. The van der Waals surface area contributed by atoms with E-state index in [0.717, 1.165) is 10.2 Å². The van der Waals surface area contributed by atoms with Crippen molar-refractivity contribution in [3.8, 4) is 5.75 Å². The number of hydrogen-bond acceptors (Lipinski definition) is 3.